The van der Waals surface area contributed by atoms with Crippen LogP contribution in [0.3, 0.4) is 0 Å². The molecule has 0 saturated carbocycles. The highest BCUT2D eigenvalue weighted by molar-refractivity contribution is 5.74. The lowest BCUT2D eigenvalue weighted by atomic mass is 9.98. The highest BCUT2D eigenvalue weighted by Crippen LogP contribution is 2.21. The molecule has 0 aromatic heterocycles. The quantitative estimate of drug-likeness (QED) is 0.717. The molecule has 2 atom stereocenters. The molecule has 0 bridgehead atoms. The van der Waals surface area contributed by atoms with Gasteiger partial charge in [-0.1, -0.05) is 0 Å². The molecular formula is C13H24N2O4. The SMILES string of the molecule is CC(CCC(=O)O)NC(=O)N1CCCC(C)(O)CC1. The fourth-order valence-corrected chi connectivity index (χ4v) is 2.18. The number of carboxylic acids is 1. The first-order valence-corrected chi connectivity index (χ1v) is 6.80. The maximum Gasteiger partial charge on any atom is 0.317 e. The Bertz CT molecular complexity index is 331. The van der Waals surface area contributed by atoms with Crippen LogP contribution < -0.4 is 5.32 Å². The number of amides is 2. The maximum atomic E-state index is 12.0. The molecule has 2 amide bonds. The summed E-state index contributed by atoms with van der Waals surface area (Å²) in [5.41, 5.74) is -0.691. The van der Waals surface area contributed by atoms with Crippen LogP contribution in [0.2, 0.25) is 0 Å². The van der Waals surface area contributed by atoms with E-state index in [0.717, 1.165) is 6.42 Å². The molecule has 1 heterocycles. The maximum absolute atomic E-state index is 12.0. The van der Waals surface area contributed by atoms with E-state index in [1.165, 1.54) is 0 Å². The Morgan fingerprint density at radius 1 is 1.37 bits per heavy atom. The van der Waals surface area contributed by atoms with E-state index in [1.54, 1.807) is 18.7 Å². The molecule has 0 aromatic carbocycles. The van der Waals surface area contributed by atoms with Crippen molar-refractivity contribution in [2.75, 3.05) is 13.1 Å². The molecule has 1 rings (SSSR count). The van der Waals surface area contributed by atoms with Gasteiger partial charge in [-0.3, -0.25) is 4.79 Å². The third kappa shape index (κ3) is 5.92. The number of nitrogens with one attached hydrogen (secondary N) is 1. The van der Waals surface area contributed by atoms with Crippen LogP contribution in [0, 0.1) is 0 Å². The third-order valence-electron chi connectivity index (χ3n) is 3.51. The fraction of sp³-hybridized carbons (Fsp3) is 0.846. The zero-order valence-electron chi connectivity index (χ0n) is 11.7. The smallest absolute Gasteiger partial charge is 0.317 e. The Morgan fingerprint density at radius 2 is 2.05 bits per heavy atom. The predicted molar refractivity (Wildman–Crippen MR) is 70.9 cm³/mol. The second kappa shape index (κ2) is 6.75. The number of aliphatic hydroxyl groups is 1. The third-order valence-corrected chi connectivity index (χ3v) is 3.51. The molecule has 3 N–H and O–H groups in total. The number of hydrogen-bond donors (Lipinski definition) is 3. The lowest BCUT2D eigenvalue weighted by Crippen LogP contribution is -2.44. The number of carbonyl (C=O) groups is 2. The summed E-state index contributed by atoms with van der Waals surface area (Å²) < 4.78 is 0. The van der Waals surface area contributed by atoms with E-state index in [1.807, 2.05) is 0 Å². The number of hydrogen-bond acceptors (Lipinski definition) is 3. The van der Waals surface area contributed by atoms with Gasteiger partial charge in [-0.15, -0.1) is 0 Å². The minimum atomic E-state index is -0.855. The van der Waals surface area contributed by atoms with Crippen LogP contribution in [0.25, 0.3) is 0 Å². The average Bonchev–Trinajstić information content (AvgIpc) is 2.47. The topological polar surface area (TPSA) is 89.9 Å². The van der Waals surface area contributed by atoms with Crippen molar-refractivity contribution in [2.45, 2.75) is 57.6 Å². The summed E-state index contributed by atoms with van der Waals surface area (Å²) in [6.07, 6.45) is 2.53. The van der Waals surface area contributed by atoms with Gasteiger partial charge in [0.05, 0.1) is 5.60 Å². The van der Waals surface area contributed by atoms with Crippen LogP contribution >= 0.6 is 0 Å². The highest BCUT2D eigenvalue weighted by Gasteiger charge is 2.27. The lowest BCUT2D eigenvalue weighted by molar-refractivity contribution is -0.137. The highest BCUT2D eigenvalue weighted by atomic mass is 16.4. The van der Waals surface area contributed by atoms with Gasteiger partial charge in [-0.2, -0.15) is 0 Å². The van der Waals surface area contributed by atoms with E-state index in [9.17, 15) is 14.7 Å². The van der Waals surface area contributed by atoms with E-state index in [0.29, 0.717) is 32.4 Å². The van der Waals surface area contributed by atoms with E-state index in [2.05, 4.69) is 5.32 Å². The van der Waals surface area contributed by atoms with E-state index < -0.39 is 11.6 Å². The molecule has 19 heavy (non-hydrogen) atoms. The Labute approximate surface area is 113 Å². The Kier molecular flexibility index (Phi) is 5.60. The summed E-state index contributed by atoms with van der Waals surface area (Å²) in [7, 11) is 0. The number of carbonyl (C=O) groups excluding carboxylic acids is 1. The fourth-order valence-electron chi connectivity index (χ4n) is 2.18. The summed E-state index contributed by atoms with van der Waals surface area (Å²) in [5, 5.41) is 21.3. The van der Waals surface area contributed by atoms with Gasteiger partial charge >= 0.3 is 12.0 Å². The van der Waals surface area contributed by atoms with Crippen LogP contribution in [-0.4, -0.2) is 51.8 Å². The molecule has 1 aliphatic heterocycles. The van der Waals surface area contributed by atoms with Crippen molar-refractivity contribution in [3.8, 4) is 0 Å². The van der Waals surface area contributed by atoms with Crippen LogP contribution in [0.1, 0.15) is 46.0 Å². The Morgan fingerprint density at radius 3 is 2.68 bits per heavy atom. The number of likely N-dealkylation sites (tertiary alicyclic amines) is 1. The second-order valence-corrected chi connectivity index (χ2v) is 5.62. The Balaban J connectivity index is 2.38. The molecule has 1 saturated heterocycles. The summed E-state index contributed by atoms with van der Waals surface area (Å²) in [6, 6.07) is -0.331. The van der Waals surface area contributed by atoms with Crippen molar-refractivity contribution >= 4 is 12.0 Å². The molecule has 6 nitrogen and oxygen atoms in total. The number of carboxylic acid groups (broad SMARTS) is 1. The molecule has 1 fully saturated rings. The zero-order chi connectivity index (χ0) is 14.5. The zero-order valence-corrected chi connectivity index (χ0v) is 11.7. The van der Waals surface area contributed by atoms with E-state index in [-0.39, 0.29) is 18.5 Å². The van der Waals surface area contributed by atoms with Gasteiger partial charge in [-0.05, 0) is 39.5 Å². The van der Waals surface area contributed by atoms with Gasteiger partial charge in [0.15, 0.2) is 0 Å². The van der Waals surface area contributed by atoms with Crippen LogP contribution in [0.5, 0.6) is 0 Å². The van der Waals surface area contributed by atoms with Gasteiger partial charge in [0.1, 0.15) is 0 Å². The van der Waals surface area contributed by atoms with Gasteiger partial charge in [0.2, 0.25) is 0 Å². The second-order valence-electron chi connectivity index (χ2n) is 5.62. The normalized spacial score (nSPS) is 25.5. The van der Waals surface area contributed by atoms with Gasteiger partial charge < -0.3 is 20.4 Å². The predicted octanol–water partition coefficient (Wildman–Crippen LogP) is 1.19. The van der Waals surface area contributed by atoms with Gasteiger partial charge in [0.25, 0.3) is 0 Å². The average molecular weight is 272 g/mol. The summed E-state index contributed by atoms with van der Waals surface area (Å²) in [4.78, 5) is 24.2. The van der Waals surface area contributed by atoms with Crippen LogP contribution in [0.4, 0.5) is 4.79 Å². The van der Waals surface area contributed by atoms with E-state index in [4.69, 9.17) is 5.11 Å². The minimum absolute atomic E-state index is 0.0517. The molecule has 0 spiro atoms. The lowest BCUT2D eigenvalue weighted by Gasteiger charge is -2.24. The summed E-state index contributed by atoms with van der Waals surface area (Å²) in [5.74, 6) is -0.855. The molecule has 110 valence electrons. The van der Waals surface area contributed by atoms with E-state index >= 15 is 0 Å². The molecule has 2 unspecified atom stereocenters. The van der Waals surface area contributed by atoms with Gasteiger partial charge in [0, 0.05) is 25.6 Å². The van der Waals surface area contributed by atoms with Crippen molar-refractivity contribution in [3.63, 3.8) is 0 Å². The molecular weight excluding hydrogens is 248 g/mol. The van der Waals surface area contributed by atoms with Crippen LogP contribution in [-0.2, 0) is 4.79 Å². The summed E-state index contributed by atoms with van der Waals surface area (Å²) in [6.45, 7) is 4.76. The van der Waals surface area contributed by atoms with Crippen molar-refractivity contribution < 1.29 is 19.8 Å². The number of nitrogens with zero attached hydrogens (tertiary/aromatic N) is 1. The Hall–Kier alpha value is -1.30. The first-order chi connectivity index (χ1) is 8.80. The number of urea groups is 1. The number of rotatable bonds is 4. The largest absolute Gasteiger partial charge is 0.481 e. The van der Waals surface area contributed by atoms with Crippen molar-refractivity contribution in [1.29, 1.82) is 0 Å². The monoisotopic (exact) mass is 272 g/mol. The molecule has 0 radical (unpaired) electrons. The first kappa shape index (κ1) is 15.8. The van der Waals surface area contributed by atoms with Crippen molar-refractivity contribution in [2.24, 2.45) is 0 Å². The van der Waals surface area contributed by atoms with Gasteiger partial charge in [-0.25, -0.2) is 4.79 Å². The first-order valence-electron chi connectivity index (χ1n) is 6.80. The minimum Gasteiger partial charge on any atom is -0.481 e. The molecule has 6 heteroatoms. The molecule has 0 aliphatic carbocycles. The molecule has 0 aromatic rings. The molecule has 1 aliphatic rings. The number of aliphatic carboxylic acids is 1. The summed E-state index contributed by atoms with van der Waals surface area (Å²) >= 11 is 0. The van der Waals surface area contributed by atoms with Crippen LogP contribution in [0.15, 0.2) is 0 Å². The van der Waals surface area contributed by atoms with Crippen molar-refractivity contribution in [3.05, 3.63) is 0 Å². The van der Waals surface area contributed by atoms with Crippen molar-refractivity contribution in [1.82, 2.24) is 10.2 Å². The standard InChI is InChI=1S/C13H24N2O4/c1-10(4-5-11(16)17)14-12(18)15-8-3-6-13(2,19)7-9-15/h10,19H,3-9H2,1-2H3,(H,14,18)(H,16,17).